The molecule has 1 heterocycles. The van der Waals surface area contributed by atoms with Crippen molar-refractivity contribution in [3.63, 3.8) is 0 Å². The zero-order valence-corrected chi connectivity index (χ0v) is 19.4. The summed E-state index contributed by atoms with van der Waals surface area (Å²) in [6.07, 6.45) is 0.694. The van der Waals surface area contributed by atoms with E-state index in [2.05, 4.69) is 10.6 Å². The first-order chi connectivity index (χ1) is 15.3. The number of hydrogen-bond donors (Lipinski definition) is 2. The summed E-state index contributed by atoms with van der Waals surface area (Å²) in [4.78, 5) is 50.3. The molecule has 0 aliphatic carbocycles. The minimum Gasteiger partial charge on any atom is -0.462 e. The summed E-state index contributed by atoms with van der Waals surface area (Å²) in [5.41, 5.74) is 0.683. The van der Waals surface area contributed by atoms with E-state index in [1.807, 2.05) is 6.92 Å². The minimum absolute atomic E-state index is 0.215. The summed E-state index contributed by atoms with van der Waals surface area (Å²) in [6.45, 7) is 6.83. The summed E-state index contributed by atoms with van der Waals surface area (Å²) in [5, 5.41) is 5.61. The molecule has 0 bridgehead atoms. The molecular formula is C23H28N2O6S. The van der Waals surface area contributed by atoms with E-state index < -0.39 is 36.4 Å². The Morgan fingerprint density at radius 3 is 2.31 bits per heavy atom. The zero-order chi connectivity index (χ0) is 23.7. The molecule has 0 saturated carbocycles. The van der Waals surface area contributed by atoms with Crippen molar-refractivity contribution in [2.45, 2.75) is 40.2 Å². The molecule has 2 rings (SSSR count). The van der Waals surface area contributed by atoms with E-state index in [0.29, 0.717) is 17.0 Å². The van der Waals surface area contributed by atoms with E-state index >= 15 is 0 Å². The Bertz CT molecular complexity index is 955. The molecule has 172 valence electrons. The van der Waals surface area contributed by atoms with Crippen LogP contribution in [0.4, 0.5) is 5.00 Å². The summed E-state index contributed by atoms with van der Waals surface area (Å²) in [6, 6.07) is 9.27. The molecule has 2 aromatic rings. The van der Waals surface area contributed by atoms with Crippen molar-refractivity contribution in [1.29, 1.82) is 0 Å². The summed E-state index contributed by atoms with van der Waals surface area (Å²) >= 11 is 1.26. The van der Waals surface area contributed by atoms with Crippen LogP contribution in [0.25, 0.3) is 0 Å². The van der Waals surface area contributed by atoms with Crippen LogP contribution in [0, 0.1) is 5.92 Å². The molecule has 1 aromatic carbocycles. The van der Waals surface area contributed by atoms with E-state index in [1.54, 1.807) is 57.2 Å². The molecule has 0 aliphatic rings. The fourth-order valence-electron chi connectivity index (χ4n) is 2.77. The predicted molar refractivity (Wildman–Crippen MR) is 122 cm³/mol. The molecule has 1 atom stereocenters. The van der Waals surface area contributed by atoms with Crippen LogP contribution in [0.5, 0.6) is 0 Å². The lowest BCUT2D eigenvalue weighted by Gasteiger charge is -2.20. The third kappa shape index (κ3) is 6.91. The van der Waals surface area contributed by atoms with Crippen LogP contribution in [-0.4, -0.2) is 43.0 Å². The molecule has 1 aromatic heterocycles. The van der Waals surface area contributed by atoms with Crippen LogP contribution in [0.2, 0.25) is 0 Å². The Labute approximate surface area is 191 Å². The van der Waals surface area contributed by atoms with Gasteiger partial charge in [-0.2, -0.15) is 0 Å². The van der Waals surface area contributed by atoms with Crippen molar-refractivity contribution in [2.75, 3.05) is 18.5 Å². The quantitative estimate of drug-likeness (QED) is 0.526. The third-order valence-electron chi connectivity index (χ3n) is 4.47. The van der Waals surface area contributed by atoms with Crippen LogP contribution < -0.4 is 10.6 Å². The SMILES string of the molecule is CCOC(=O)c1cc(CC)sc1NC(=O)COC(=O)C(NC(=O)c1ccccc1)C(C)C. The van der Waals surface area contributed by atoms with Gasteiger partial charge < -0.3 is 20.1 Å². The van der Waals surface area contributed by atoms with Gasteiger partial charge in [-0.1, -0.05) is 39.0 Å². The first-order valence-electron chi connectivity index (χ1n) is 10.4. The Morgan fingerprint density at radius 2 is 1.72 bits per heavy atom. The predicted octanol–water partition coefficient (Wildman–Crippen LogP) is 3.42. The topological polar surface area (TPSA) is 111 Å². The van der Waals surface area contributed by atoms with Crippen molar-refractivity contribution in [3.8, 4) is 0 Å². The van der Waals surface area contributed by atoms with E-state index in [4.69, 9.17) is 9.47 Å². The number of nitrogens with one attached hydrogen (secondary N) is 2. The number of carbonyl (C=O) groups is 4. The fourth-order valence-corrected chi connectivity index (χ4v) is 3.77. The highest BCUT2D eigenvalue weighted by molar-refractivity contribution is 7.16. The number of ether oxygens (including phenoxy) is 2. The molecule has 2 amide bonds. The van der Waals surface area contributed by atoms with Gasteiger partial charge >= 0.3 is 11.9 Å². The largest absolute Gasteiger partial charge is 0.462 e. The first-order valence-corrected chi connectivity index (χ1v) is 11.2. The third-order valence-corrected chi connectivity index (χ3v) is 5.66. The van der Waals surface area contributed by atoms with Gasteiger partial charge in [-0.25, -0.2) is 9.59 Å². The van der Waals surface area contributed by atoms with Crippen LogP contribution in [0.15, 0.2) is 36.4 Å². The number of anilines is 1. The van der Waals surface area contributed by atoms with Gasteiger partial charge in [-0.15, -0.1) is 11.3 Å². The Morgan fingerprint density at radius 1 is 1.03 bits per heavy atom. The molecule has 0 saturated heterocycles. The second-order valence-electron chi connectivity index (χ2n) is 7.25. The summed E-state index contributed by atoms with van der Waals surface area (Å²) in [5.74, 6) is -2.50. The van der Waals surface area contributed by atoms with Crippen molar-refractivity contribution >= 4 is 40.1 Å². The van der Waals surface area contributed by atoms with Gasteiger partial charge in [0.15, 0.2) is 6.61 Å². The van der Waals surface area contributed by atoms with E-state index in [-0.39, 0.29) is 18.1 Å². The van der Waals surface area contributed by atoms with Gasteiger partial charge in [-0.3, -0.25) is 9.59 Å². The van der Waals surface area contributed by atoms with E-state index in [0.717, 1.165) is 4.88 Å². The molecule has 0 spiro atoms. The highest BCUT2D eigenvalue weighted by Crippen LogP contribution is 2.29. The highest BCUT2D eigenvalue weighted by Gasteiger charge is 2.27. The number of rotatable bonds is 10. The van der Waals surface area contributed by atoms with Gasteiger partial charge in [-0.05, 0) is 37.5 Å². The Hall–Kier alpha value is -3.20. The number of benzene rings is 1. The number of thiophene rings is 1. The van der Waals surface area contributed by atoms with Gasteiger partial charge in [0.25, 0.3) is 11.8 Å². The molecule has 32 heavy (non-hydrogen) atoms. The maximum Gasteiger partial charge on any atom is 0.341 e. The zero-order valence-electron chi connectivity index (χ0n) is 18.6. The molecule has 0 aliphatic heterocycles. The minimum atomic E-state index is -0.918. The standard InChI is InChI=1S/C23H28N2O6S/c1-5-16-12-17(22(28)30-6-2)21(32-16)24-18(26)13-31-23(29)19(14(3)4)25-20(27)15-10-8-7-9-11-15/h7-12,14,19H,5-6,13H2,1-4H3,(H,24,26)(H,25,27). The van der Waals surface area contributed by atoms with Crippen LogP contribution in [0.1, 0.15) is 53.3 Å². The van der Waals surface area contributed by atoms with Gasteiger partial charge in [0.05, 0.1) is 12.2 Å². The summed E-state index contributed by atoms with van der Waals surface area (Å²) in [7, 11) is 0. The van der Waals surface area contributed by atoms with Crippen LogP contribution in [-0.2, 0) is 25.5 Å². The van der Waals surface area contributed by atoms with E-state index in [9.17, 15) is 19.2 Å². The Balaban J connectivity index is 1.99. The number of amides is 2. The molecule has 0 fully saturated rings. The van der Waals surface area contributed by atoms with E-state index in [1.165, 1.54) is 11.3 Å². The summed E-state index contributed by atoms with van der Waals surface area (Å²) < 4.78 is 10.2. The van der Waals surface area contributed by atoms with Crippen LogP contribution in [0.3, 0.4) is 0 Å². The lowest BCUT2D eigenvalue weighted by Crippen LogP contribution is -2.45. The molecular weight excluding hydrogens is 432 g/mol. The normalized spacial score (nSPS) is 11.5. The smallest absolute Gasteiger partial charge is 0.341 e. The number of hydrogen-bond acceptors (Lipinski definition) is 7. The number of esters is 2. The average Bonchev–Trinajstić information content (AvgIpc) is 3.19. The van der Waals surface area contributed by atoms with Crippen LogP contribution >= 0.6 is 11.3 Å². The maximum absolute atomic E-state index is 12.5. The van der Waals surface area contributed by atoms with Gasteiger partial charge in [0, 0.05) is 10.4 Å². The highest BCUT2D eigenvalue weighted by atomic mass is 32.1. The molecule has 8 nitrogen and oxygen atoms in total. The van der Waals surface area contributed by atoms with Gasteiger partial charge in [0.2, 0.25) is 0 Å². The number of aryl methyl sites for hydroxylation is 1. The van der Waals surface area contributed by atoms with Crippen molar-refractivity contribution in [2.24, 2.45) is 5.92 Å². The Kier molecular flexibility index (Phi) is 9.39. The number of carbonyl (C=O) groups excluding carboxylic acids is 4. The second kappa shape index (κ2) is 12.0. The molecule has 2 N–H and O–H groups in total. The molecule has 0 radical (unpaired) electrons. The monoisotopic (exact) mass is 460 g/mol. The van der Waals surface area contributed by atoms with Crippen molar-refractivity contribution < 1.29 is 28.7 Å². The fraction of sp³-hybridized carbons (Fsp3) is 0.391. The first kappa shape index (κ1) is 25.1. The maximum atomic E-state index is 12.5. The van der Waals surface area contributed by atoms with Crippen molar-refractivity contribution in [1.82, 2.24) is 5.32 Å². The lowest BCUT2D eigenvalue weighted by molar-refractivity contribution is -0.150. The van der Waals surface area contributed by atoms with Crippen molar-refractivity contribution in [3.05, 3.63) is 52.4 Å². The lowest BCUT2D eigenvalue weighted by atomic mass is 10.0. The van der Waals surface area contributed by atoms with Gasteiger partial charge in [0.1, 0.15) is 11.0 Å². The molecule has 1 unspecified atom stereocenters. The average molecular weight is 461 g/mol. The second-order valence-corrected chi connectivity index (χ2v) is 8.38. The molecule has 9 heteroatoms.